The molecular weight excluding hydrogens is 649 g/mol. The van der Waals surface area contributed by atoms with Gasteiger partial charge in [0.1, 0.15) is 0 Å². The number of benzene rings is 2. The van der Waals surface area contributed by atoms with Crippen LogP contribution in [0.3, 0.4) is 0 Å². The third kappa shape index (κ3) is 17.1. The molecule has 0 aliphatic rings. The summed E-state index contributed by atoms with van der Waals surface area (Å²) in [6, 6.07) is 23.3. The van der Waals surface area contributed by atoms with E-state index in [9.17, 15) is 0 Å². The largest absolute Gasteiger partial charge is 0.147 e. The molecule has 0 heterocycles. The second-order valence-corrected chi connectivity index (χ2v) is 26.8. The van der Waals surface area contributed by atoms with Crippen LogP contribution in [0.4, 0.5) is 0 Å². The molecule has 0 aliphatic heterocycles. The van der Waals surface area contributed by atoms with Gasteiger partial charge in [-0.2, -0.15) is 0 Å². The Morgan fingerprint density at radius 1 is 0.512 bits per heavy atom. The molecule has 0 saturated heterocycles. The predicted octanol–water partition coefficient (Wildman–Crippen LogP) is 13.3. The van der Waals surface area contributed by atoms with Gasteiger partial charge in [-0.25, -0.2) is 0 Å². The molecule has 246 valence electrons. The first-order valence-electron chi connectivity index (χ1n) is 18.4. The van der Waals surface area contributed by atoms with Crippen LogP contribution in [0.1, 0.15) is 164 Å². The van der Waals surface area contributed by atoms with Crippen LogP contribution in [0.5, 0.6) is 0 Å². The number of hydrogen-bond acceptors (Lipinski definition) is 1. The van der Waals surface area contributed by atoms with Gasteiger partial charge in [0.15, 0.2) is 0 Å². The van der Waals surface area contributed by atoms with Gasteiger partial charge in [0.05, 0.1) is 0 Å². The summed E-state index contributed by atoms with van der Waals surface area (Å²) in [6.07, 6.45) is 29.9. The van der Waals surface area contributed by atoms with Crippen LogP contribution in [-0.2, 0) is 4.44 Å². The molecule has 0 radical (unpaired) electrons. The number of halogens is 1. The zero-order chi connectivity index (χ0) is 30.1. The molecule has 2 aromatic rings. The molecule has 2 unspecified atom stereocenters. The third-order valence-electron chi connectivity index (χ3n) is 9.90. The topological polar surface area (TPSA) is 3.24 Å². The first kappa shape index (κ1) is 40.5. The summed E-state index contributed by atoms with van der Waals surface area (Å²) in [7, 11) is 4.92. The molecule has 3 heteroatoms. The summed E-state index contributed by atoms with van der Waals surface area (Å²) < 4.78 is 6.44. The molecule has 2 atom stereocenters. The Bertz CT molecular complexity index is 857. The molecule has 0 N–H and O–H groups in total. The van der Waals surface area contributed by atoms with E-state index in [4.69, 9.17) is 0 Å². The van der Waals surface area contributed by atoms with E-state index in [1.165, 1.54) is 144 Å². The number of hydrogen-bond donors (Lipinski definition) is 0. The van der Waals surface area contributed by atoms with Gasteiger partial charge in [0.2, 0.25) is 0 Å². The minimum Gasteiger partial charge on any atom is -0.147 e. The molecule has 43 heavy (non-hydrogen) atoms. The SMILES string of the molecule is CCCCCCCCCCCC[CH](c1ccccc1)[Sn]([CH2]CCCCCCCCCCC)([CH2]c1ccccc1)[N](C)C.Cl. The quantitative estimate of drug-likeness (QED) is 0.0657. The summed E-state index contributed by atoms with van der Waals surface area (Å²) in [4.78, 5) is 0. The Labute approximate surface area is 280 Å². The molecule has 2 rings (SSSR count). The minimum atomic E-state index is -2.85. The number of rotatable bonds is 27. The van der Waals surface area contributed by atoms with Gasteiger partial charge in [-0.1, -0.05) is 6.92 Å². The van der Waals surface area contributed by atoms with Crippen molar-refractivity contribution in [2.45, 2.75) is 161 Å². The van der Waals surface area contributed by atoms with Gasteiger partial charge in [-0.3, -0.25) is 0 Å². The van der Waals surface area contributed by atoms with Gasteiger partial charge in [-0.05, 0) is 0 Å². The van der Waals surface area contributed by atoms with Crippen LogP contribution in [0, 0.1) is 0 Å². The number of unbranched alkanes of at least 4 members (excludes halogenated alkanes) is 18. The molecule has 0 aromatic heterocycles. The smallest absolute Gasteiger partial charge is 0.147 e. The average Bonchev–Trinajstić information content (AvgIpc) is 3.01. The van der Waals surface area contributed by atoms with E-state index < -0.39 is 18.7 Å². The Kier molecular flexibility index (Phi) is 25.1. The van der Waals surface area contributed by atoms with E-state index in [0.717, 1.165) is 3.93 Å². The second-order valence-electron chi connectivity index (χ2n) is 13.5. The molecule has 2 aromatic carbocycles. The Balaban J connectivity index is 0.00000924. The van der Waals surface area contributed by atoms with Crippen LogP contribution in [-0.4, -0.2) is 35.9 Å². The van der Waals surface area contributed by atoms with Crippen LogP contribution in [0.2, 0.25) is 4.44 Å². The predicted molar refractivity (Wildman–Crippen MR) is 199 cm³/mol. The molecule has 0 saturated carbocycles. The van der Waals surface area contributed by atoms with Crippen molar-refractivity contribution < 1.29 is 0 Å². The first-order chi connectivity index (χ1) is 20.6. The fourth-order valence-electron chi connectivity index (χ4n) is 7.21. The van der Waals surface area contributed by atoms with E-state index in [2.05, 4.69) is 91.7 Å². The summed E-state index contributed by atoms with van der Waals surface area (Å²) in [5, 5.41) is 0. The maximum Gasteiger partial charge on any atom is -0.147 e. The Morgan fingerprint density at radius 2 is 0.907 bits per heavy atom. The van der Waals surface area contributed by atoms with Gasteiger partial charge < -0.3 is 0 Å². The van der Waals surface area contributed by atoms with E-state index in [-0.39, 0.29) is 12.4 Å². The van der Waals surface area contributed by atoms with Crippen molar-refractivity contribution in [2.75, 3.05) is 14.1 Å². The zero-order valence-corrected chi connectivity index (χ0v) is 32.6. The van der Waals surface area contributed by atoms with Gasteiger partial charge >= 0.3 is 262 Å². The van der Waals surface area contributed by atoms with Crippen LogP contribution >= 0.6 is 12.4 Å². The molecule has 0 amide bonds. The fraction of sp³-hybridized carbons (Fsp3) is 0.700. The number of nitrogens with zero attached hydrogens (tertiary/aromatic N) is 1. The summed E-state index contributed by atoms with van der Waals surface area (Å²) in [5.41, 5.74) is 3.22. The van der Waals surface area contributed by atoms with Crippen molar-refractivity contribution in [3.05, 3.63) is 71.8 Å². The standard InChI is InChI=1S/C19H31.C12H25.C7H7.C2H6N.ClH.Sn/c1-2-3-4-5-6-7-8-9-10-11-13-16-19-17-14-12-15-18-19;1-3-5-7-9-11-12-10-8-6-4-2;1-7-5-3-2-4-6-7;1-3-2;;/h12,14-18H,2-11,13H2,1H3;1,3-12H2,2H3;2-6H,1H2;1-2H3;1H;/q;;;-1;;+1. The summed E-state index contributed by atoms with van der Waals surface area (Å²) >= 11 is -2.85. The molecule has 0 aliphatic carbocycles. The van der Waals surface area contributed by atoms with Crippen molar-refractivity contribution in [3.8, 4) is 0 Å². The van der Waals surface area contributed by atoms with Crippen molar-refractivity contribution in [1.29, 1.82) is 0 Å². The van der Waals surface area contributed by atoms with Crippen molar-refractivity contribution in [2.24, 2.45) is 0 Å². The molecule has 0 fully saturated rings. The monoisotopic (exact) mass is 719 g/mol. The van der Waals surface area contributed by atoms with Crippen molar-refractivity contribution >= 4 is 31.1 Å². The first-order valence-corrected chi connectivity index (χ1v) is 25.4. The van der Waals surface area contributed by atoms with Crippen molar-refractivity contribution in [1.82, 2.24) is 3.12 Å². The maximum atomic E-state index is 2.84. The van der Waals surface area contributed by atoms with Gasteiger partial charge in [0, 0.05) is 0 Å². The third-order valence-corrected chi connectivity index (χ3v) is 26.9. The minimum absolute atomic E-state index is 0. The van der Waals surface area contributed by atoms with Crippen molar-refractivity contribution in [3.63, 3.8) is 0 Å². The second kappa shape index (κ2) is 26.7. The van der Waals surface area contributed by atoms with E-state index >= 15 is 0 Å². The Morgan fingerprint density at radius 3 is 1.35 bits per heavy atom. The summed E-state index contributed by atoms with van der Waals surface area (Å²) in [6.45, 7) is 4.63. The summed E-state index contributed by atoms with van der Waals surface area (Å²) in [5.74, 6) is 0. The van der Waals surface area contributed by atoms with Gasteiger partial charge in [-0.15, -0.1) is 12.4 Å². The maximum absolute atomic E-state index is 2.85. The van der Waals surface area contributed by atoms with Crippen LogP contribution < -0.4 is 0 Å². The van der Waals surface area contributed by atoms with E-state index in [0.29, 0.717) is 0 Å². The molecule has 0 spiro atoms. The zero-order valence-electron chi connectivity index (χ0n) is 29.0. The van der Waals surface area contributed by atoms with E-state index in [1.807, 2.05) is 0 Å². The van der Waals surface area contributed by atoms with Crippen LogP contribution in [0.25, 0.3) is 0 Å². The molecule has 1 nitrogen and oxygen atoms in total. The van der Waals surface area contributed by atoms with E-state index in [1.54, 1.807) is 11.1 Å². The molecule has 0 bridgehead atoms. The normalized spacial score (nSPS) is 13.5. The van der Waals surface area contributed by atoms with Crippen LogP contribution in [0.15, 0.2) is 60.7 Å². The van der Waals surface area contributed by atoms with Gasteiger partial charge in [0.25, 0.3) is 0 Å². The fourth-order valence-corrected chi connectivity index (χ4v) is 23.0. The Hall–Kier alpha value is -0.511. The average molecular weight is 719 g/mol. The molecular formula is C40H70ClNSn.